The summed E-state index contributed by atoms with van der Waals surface area (Å²) < 4.78 is 0. The Bertz CT molecular complexity index is 477. The van der Waals surface area contributed by atoms with E-state index in [1.807, 2.05) is 12.1 Å². The molecule has 1 heterocycles. The van der Waals surface area contributed by atoms with Gasteiger partial charge in [0.1, 0.15) is 5.03 Å². The smallest absolute Gasteiger partial charge is 0.181 e. The van der Waals surface area contributed by atoms with Crippen LogP contribution in [0.15, 0.2) is 34.3 Å². The zero-order valence-corrected chi connectivity index (χ0v) is 9.22. The highest BCUT2D eigenvalue weighted by molar-refractivity contribution is 6.47. The van der Waals surface area contributed by atoms with Crippen LogP contribution in [0.1, 0.15) is 12.0 Å². The van der Waals surface area contributed by atoms with Crippen LogP contribution in [0.4, 0.5) is 0 Å². The van der Waals surface area contributed by atoms with E-state index in [1.54, 1.807) is 18.3 Å². The summed E-state index contributed by atoms with van der Waals surface area (Å²) in [6.07, 6.45) is 1.81. The normalized spacial score (nSPS) is 16.0. The zero-order valence-electron chi connectivity index (χ0n) is 7.71. The lowest BCUT2D eigenvalue weighted by Gasteiger charge is -2.10. The molecule has 0 atom stereocenters. The van der Waals surface area contributed by atoms with Gasteiger partial charge < -0.3 is 0 Å². The van der Waals surface area contributed by atoms with E-state index in [4.69, 9.17) is 23.2 Å². The second-order valence-electron chi connectivity index (χ2n) is 3.08. The molecule has 1 aromatic rings. The lowest BCUT2D eigenvalue weighted by molar-refractivity contribution is -0.113. The minimum atomic E-state index is -0.124. The van der Waals surface area contributed by atoms with Gasteiger partial charge in [0.2, 0.25) is 0 Å². The van der Waals surface area contributed by atoms with Crippen LogP contribution in [0.2, 0.25) is 5.02 Å². The monoisotopic (exact) mass is 239 g/mol. The van der Waals surface area contributed by atoms with Gasteiger partial charge in [-0.2, -0.15) is 0 Å². The van der Waals surface area contributed by atoms with Gasteiger partial charge in [-0.25, -0.2) is 0 Å². The van der Waals surface area contributed by atoms with Gasteiger partial charge in [0.05, 0.1) is 10.7 Å². The van der Waals surface area contributed by atoms with Gasteiger partial charge >= 0.3 is 0 Å². The molecule has 0 aromatic heterocycles. The van der Waals surface area contributed by atoms with E-state index in [2.05, 4.69) is 4.99 Å². The molecule has 0 aliphatic carbocycles. The summed E-state index contributed by atoms with van der Waals surface area (Å²) in [4.78, 5) is 15.5. The molecule has 0 bridgehead atoms. The Kier molecular flexibility index (Phi) is 2.89. The van der Waals surface area contributed by atoms with Gasteiger partial charge in [0.25, 0.3) is 0 Å². The first-order valence-electron chi connectivity index (χ1n) is 4.40. The molecule has 0 amide bonds. The number of allylic oxidation sites excluding steroid dienone is 1. The molecule has 4 heteroatoms. The van der Waals surface area contributed by atoms with Crippen molar-refractivity contribution in [3.05, 3.63) is 39.9 Å². The van der Waals surface area contributed by atoms with E-state index in [9.17, 15) is 4.79 Å². The summed E-state index contributed by atoms with van der Waals surface area (Å²) >= 11 is 11.9. The second kappa shape index (κ2) is 4.17. The molecule has 0 spiro atoms. The molecule has 2 rings (SSSR count). The largest absolute Gasteiger partial charge is 0.293 e. The fourth-order valence-corrected chi connectivity index (χ4v) is 1.79. The van der Waals surface area contributed by atoms with Crippen LogP contribution < -0.4 is 0 Å². The van der Waals surface area contributed by atoms with Crippen LogP contribution in [0.5, 0.6) is 0 Å². The minimum absolute atomic E-state index is 0.124. The fourth-order valence-electron chi connectivity index (χ4n) is 1.34. The van der Waals surface area contributed by atoms with Crippen molar-refractivity contribution in [3.8, 4) is 0 Å². The third-order valence-electron chi connectivity index (χ3n) is 2.08. The third kappa shape index (κ3) is 1.96. The van der Waals surface area contributed by atoms with Crippen molar-refractivity contribution in [2.75, 3.05) is 0 Å². The number of hydrogen-bond acceptors (Lipinski definition) is 2. The predicted octanol–water partition coefficient (Wildman–Crippen LogP) is 3.29. The number of hydrogen-bond donors (Lipinski definition) is 0. The first-order valence-corrected chi connectivity index (χ1v) is 5.16. The summed E-state index contributed by atoms with van der Waals surface area (Å²) in [6.45, 7) is 0. The van der Waals surface area contributed by atoms with E-state index in [1.165, 1.54) is 0 Å². The number of nitrogens with zero attached hydrogens (tertiary/aromatic N) is 1. The quantitative estimate of drug-likeness (QED) is 0.740. The van der Waals surface area contributed by atoms with Crippen molar-refractivity contribution in [1.29, 1.82) is 0 Å². The zero-order chi connectivity index (χ0) is 10.8. The van der Waals surface area contributed by atoms with Crippen LogP contribution in [0.25, 0.3) is 5.70 Å². The van der Waals surface area contributed by atoms with Crippen LogP contribution in [0, 0.1) is 0 Å². The van der Waals surface area contributed by atoms with Gasteiger partial charge in [0.15, 0.2) is 5.78 Å². The SMILES string of the molecule is O=C1CC=NC(c2ccccc2Cl)=C1Cl. The van der Waals surface area contributed by atoms with E-state index in [0.29, 0.717) is 16.3 Å². The topological polar surface area (TPSA) is 29.4 Å². The number of Topliss-reactive ketones (excluding diaryl/α,β-unsaturated/α-hetero) is 1. The molecule has 0 unspecified atom stereocenters. The second-order valence-corrected chi connectivity index (χ2v) is 3.87. The van der Waals surface area contributed by atoms with Crippen molar-refractivity contribution in [2.45, 2.75) is 6.42 Å². The summed E-state index contributed by atoms with van der Waals surface area (Å²) in [5.41, 5.74) is 1.15. The fraction of sp³-hybridized carbons (Fsp3) is 0.0909. The molecule has 0 radical (unpaired) electrons. The number of ketones is 1. The van der Waals surface area contributed by atoms with Gasteiger partial charge in [-0.15, -0.1) is 0 Å². The van der Waals surface area contributed by atoms with Gasteiger partial charge in [-0.3, -0.25) is 9.79 Å². The summed E-state index contributed by atoms with van der Waals surface area (Å²) in [5.74, 6) is -0.124. The number of aliphatic imine (C=N–C) groups is 1. The van der Waals surface area contributed by atoms with Gasteiger partial charge in [-0.05, 0) is 6.07 Å². The van der Waals surface area contributed by atoms with Crippen molar-refractivity contribution in [1.82, 2.24) is 0 Å². The third-order valence-corrected chi connectivity index (χ3v) is 2.80. The summed E-state index contributed by atoms with van der Waals surface area (Å²) in [5, 5.41) is 0.697. The van der Waals surface area contributed by atoms with Crippen LogP contribution in [-0.2, 0) is 4.79 Å². The van der Waals surface area contributed by atoms with Crippen molar-refractivity contribution >= 4 is 40.9 Å². The first-order chi connectivity index (χ1) is 7.20. The average Bonchev–Trinajstić information content (AvgIpc) is 2.23. The molecule has 2 nitrogen and oxygen atoms in total. The molecule has 76 valence electrons. The minimum Gasteiger partial charge on any atom is -0.293 e. The highest BCUT2D eigenvalue weighted by atomic mass is 35.5. The van der Waals surface area contributed by atoms with E-state index in [-0.39, 0.29) is 17.2 Å². The maximum Gasteiger partial charge on any atom is 0.181 e. The molecule has 0 saturated carbocycles. The maximum absolute atomic E-state index is 11.4. The summed E-state index contributed by atoms with van der Waals surface area (Å²) in [7, 11) is 0. The summed E-state index contributed by atoms with van der Waals surface area (Å²) in [6, 6.07) is 7.17. The molecule has 1 aliphatic heterocycles. The Hall–Kier alpha value is -1.12. The van der Waals surface area contributed by atoms with E-state index >= 15 is 0 Å². The molecule has 0 saturated heterocycles. The van der Waals surface area contributed by atoms with Gasteiger partial charge in [-0.1, -0.05) is 41.4 Å². The van der Waals surface area contributed by atoms with E-state index < -0.39 is 0 Å². The lowest BCUT2D eigenvalue weighted by Crippen LogP contribution is -2.06. The number of benzene rings is 1. The van der Waals surface area contributed by atoms with Crippen molar-refractivity contribution < 1.29 is 4.79 Å². The van der Waals surface area contributed by atoms with Gasteiger partial charge in [0, 0.05) is 18.2 Å². The van der Waals surface area contributed by atoms with Crippen molar-refractivity contribution in [3.63, 3.8) is 0 Å². The van der Waals surface area contributed by atoms with E-state index in [0.717, 1.165) is 0 Å². The van der Waals surface area contributed by atoms with Crippen LogP contribution in [0.3, 0.4) is 0 Å². The van der Waals surface area contributed by atoms with Crippen molar-refractivity contribution in [2.24, 2.45) is 4.99 Å². The Labute approximate surface area is 97.2 Å². The van der Waals surface area contributed by atoms with Crippen LogP contribution >= 0.6 is 23.2 Å². The molecule has 1 aromatic carbocycles. The molecule has 15 heavy (non-hydrogen) atoms. The Balaban J connectivity index is 2.56. The number of rotatable bonds is 1. The molecular weight excluding hydrogens is 233 g/mol. The number of halogens is 2. The van der Waals surface area contributed by atoms with Crippen LogP contribution in [-0.4, -0.2) is 12.0 Å². The standard InChI is InChI=1S/C11H7Cl2NO/c12-8-4-2-1-3-7(8)11-10(13)9(15)5-6-14-11/h1-4,6H,5H2. The molecule has 0 N–H and O–H groups in total. The Morgan fingerprint density at radius 2 is 1.93 bits per heavy atom. The highest BCUT2D eigenvalue weighted by Crippen LogP contribution is 2.31. The average molecular weight is 240 g/mol. The predicted molar refractivity (Wildman–Crippen MR) is 62.3 cm³/mol. The Morgan fingerprint density at radius 1 is 1.20 bits per heavy atom. The molecule has 1 aliphatic rings. The molecular formula is C11H7Cl2NO. The first kappa shape index (κ1) is 10.4. The highest BCUT2D eigenvalue weighted by Gasteiger charge is 2.18. The lowest BCUT2D eigenvalue weighted by atomic mass is 10.1. The Morgan fingerprint density at radius 3 is 2.67 bits per heavy atom. The number of carbonyl (C=O) groups excluding carboxylic acids is 1. The molecule has 0 fully saturated rings. The maximum atomic E-state index is 11.4. The number of carbonyl (C=O) groups is 1.